The first kappa shape index (κ1) is 13.4. The number of benzene rings is 1. The van der Waals surface area contributed by atoms with E-state index in [9.17, 15) is 0 Å². The van der Waals surface area contributed by atoms with Gasteiger partial charge in [0.15, 0.2) is 0 Å². The number of hydrogen-bond acceptors (Lipinski definition) is 3. The molecule has 1 fully saturated rings. The maximum Gasteiger partial charge on any atom is 0.123 e. The first-order valence-corrected chi connectivity index (χ1v) is 6.82. The van der Waals surface area contributed by atoms with Gasteiger partial charge in [-0.3, -0.25) is 0 Å². The van der Waals surface area contributed by atoms with Gasteiger partial charge in [0.25, 0.3) is 0 Å². The SMILES string of the molecule is CNC1CCC(C(N)c2ccccc2OC)CC1. The maximum atomic E-state index is 6.43. The van der Waals surface area contributed by atoms with Gasteiger partial charge in [0.2, 0.25) is 0 Å². The van der Waals surface area contributed by atoms with E-state index in [1.807, 2.05) is 25.2 Å². The van der Waals surface area contributed by atoms with Crippen molar-refractivity contribution in [2.45, 2.75) is 37.8 Å². The topological polar surface area (TPSA) is 47.3 Å². The molecule has 3 N–H and O–H groups in total. The van der Waals surface area contributed by atoms with Gasteiger partial charge in [-0.2, -0.15) is 0 Å². The Hall–Kier alpha value is -1.06. The lowest BCUT2D eigenvalue weighted by atomic mass is 9.79. The number of para-hydroxylation sites is 1. The summed E-state index contributed by atoms with van der Waals surface area (Å²) in [5, 5.41) is 3.36. The second kappa shape index (κ2) is 6.21. The number of methoxy groups -OCH3 is 1. The summed E-state index contributed by atoms with van der Waals surface area (Å²) in [6, 6.07) is 8.89. The highest BCUT2D eigenvalue weighted by atomic mass is 16.5. The largest absolute Gasteiger partial charge is 0.496 e. The fourth-order valence-corrected chi connectivity index (χ4v) is 2.96. The molecule has 1 aromatic rings. The average molecular weight is 248 g/mol. The van der Waals surface area contributed by atoms with Crippen LogP contribution in [0.2, 0.25) is 0 Å². The summed E-state index contributed by atoms with van der Waals surface area (Å²) < 4.78 is 5.41. The Labute approximate surface area is 110 Å². The van der Waals surface area contributed by atoms with Gasteiger partial charge in [0, 0.05) is 17.6 Å². The minimum absolute atomic E-state index is 0.0963. The van der Waals surface area contributed by atoms with Crippen LogP contribution in [0.1, 0.15) is 37.3 Å². The lowest BCUT2D eigenvalue weighted by molar-refractivity contribution is 0.263. The monoisotopic (exact) mass is 248 g/mol. The second-order valence-corrected chi connectivity index (χ2v) is 5.17. The predicted molar refractivity (Wildman–Crippen MR) is 74.7 cm³/mol. The van der Waals surface area contributed by atoms with Gasteiger partial charge in [-0.05, 0) is 44.7 Å². The highest BCUT2D eigenvalue weighted by molar-refractivity contribution is 5.36. The number of nitrogens with two attached hydrogens (primary N) is 1. The van der Waals surface area contributed by atoms with Crippen LogP contribution < -0.4 is 15.8 Å². The summed E-state index contributed by atoms with van der Waals surface area (Å²) in [5.74, 6) is 1.49. The van der Waals surface area contributed by atoms with Gasteiger partial charge >= 0.3 is 0 Å². The van der Waals surface area contributed by atoms with Crippen LogP contribution in [0.5, 0.6) is 5.75 Å². The van der Waals surface area contributed by atoms with Crippen LogP contribution in [-0.2, 0) is 0 Å². The fraction of sp³-hybridized carbons (Fsp3) is 0.600. The summed E-state index contributed by atoms with van der Waals surface area (Å²) in [5.41, 5.74) is 7.58. The fourth-order valence-electron chi connectivity index (χ4n) is 2.96. The zero-order valence-corrected chi connectivity index (χ0v) is 11.4. The standard InChI is InChI=1S/C15H24N2O/c1-17-12-9-7-11(8-10-12)15(16)13-5-3-4-6-14(13)18-2/h3-6,11-12,15,17H,7-10,16H2,1-2H3. The summed E-state index contributed by atoms with van der Waals surface area (Å²) in [4.78, 5) is 0. The first-order valence-electron chi connectivity index (χ1n) is 6.82. The molecule has 0 aliphatic heterocycles. The van der Waals surface area contributed by atoms with E-state index in [0.717, 1.165) is 11.3 Å². The summed E-state index contributed by atoms with van der Waals surface area (Å²) in [6.45, 7) is 0. The number of nitrogens with one attached hydrogen (secondary N) is 1. The molecule has 100 valence electrons. The molecule has 0 saturated heterocycles. The van der Waals surface area contributed by atoms with Gasteiger partial charge in [-0.25, -0.2) is 0 Å². The van der Waals surface area contributed by atoms with Crippen molar-refractivity contribution >= 4 is 0 Å². The number of rotatable bonds is 4. The third kappa shape index (κ3) is 2.85. The van der Waals surface area contributed by atoms with Crippen molar-refractivity contribution in [3.63, 3.8) is 0 Å². The Morgan fingerprint density at radius 3 is 2.50 bits per heavy atom. The van der Waals surface area contributed by atoms with Crippen molar-refractivity contribution < 1.29 is 4.74 Å². The van der Waals surface area contributed by atoms with E-state index in [2.05, 4.69) is 11.4 Å². The van der Waals surface area contributed by atoms with Crippen molar-refractivity contribution in [1.82, 2.24) is 5.32 Å². The smallest absolute Gasteiger partial charge is 0.123 e. The van der Waals surface area contributed by atoms with Gasteiger partial charge < -0.3 is 15.8 Å². The van der Waals surface area contributed by atoms with Crippen molar-refractivity contribution in [3.05, 3.63) is 29.8 Å². The third-order valence-corrected chi connectivity index (χ3v) is 4.19. The molecule has 0 amide bonds. The molecule has 0 radical (unpaired) electrons. The van der Waals surface area contributed by atoms with Crippen molar-refractivity contribution in [2.75, 3.05) is 14.2 Å². The van der Waals surface area contributed by atoms with E-state index in [4.69, 9.17) is 10.5 Å². The predicted octanol–water partition coefficient (Wildman–Crippen LogP) is 2.47. The van der Waals surface area contributed by atoms with E-state index < -0.39 is 0 Å². The molecule has 1 atom stereocenters. The van der Waals surface area contributed by atoms with Crippen LogP contribution in [-0.4, -0.2) is 20.2 Å². The van der Waals surface area contributed by atoms with E-state index in [-0.39, 0.29) is 6.04 Å². The molecule has 1 aliphatic rings. The first-order chi connectivity index (χ1) is 8.76. The highest BCUT2D eigenvalue weighted by Gasteiger charge is 2.27. The molecule has 18 heavy (non-hydrogen) atoms. The zero-order chi connectivity index (χ0) is 13.0. The molecular formula is C15H24N2O. The Morgan fingerprint density at radius 1 is 1.22 bits per heavy atom. The Balaban J connectivity index is 2.05. The van der Waals surface area contributed by atoms with Crippen LogP contribution in [0.3, 0.4) is 0 Å². The Kier molecular flexibility index (Phi) is 4.61. The van der Waals surface area contributed by atoms with E-state index in [0.29, 0.717) is 12.0 Å². The molecule has 0 spiro atoms. The molecule has 1 aromatic carbocycles. The van der Waals surface area contributed by atoms with Gasteiger partial charge in [0.1, 0.15) is 5.75 Å². The van der Waals surface area contributed by atoms with Crippen molar-refractivity contribution in [3.8, 4) is 5.75 Å². The Bertz CT molecular complexity index is 373. The molecule has 1 saturated carbocycles. The molecule has 3 heteroatoms. The minimum Gasteiger partial charge on any atom is -0.496 e. The molecule has 0 aromatic heterocycles. The van der Waals surface area contributed by atoms with Crippen LogP contribution in [0.25, 0.3) is 0 Å². The molecule has 3 nitrogen and oxygen atoms in total. The van der Waals surface area contributed by atoms with E-state index in [1.165, 1.54) is 25.7 Å². The number of hydrogen-bond donors (Lipinski definition) is 2. The van der Waals surface area contributed by atoms with Crippen molar-refractivity contribution in [2.24, 2.45) is 11.7 Å². The Morgan fingerprint density at radius 2 is 1.89 bits per heavy atom. The van der Waals surface area contributed by atoms with Crippen LogP contribution in [0, 0.1) is 5.92 Å². The van der Waals surface area contributed by atoms with Gasteiger partial charge in [-0.15, -0.1) is 0 Å². The number of ether oxygens (including phenoxy) is 1. The molecule has 0 bridgehead atoms. The molecular weight excluding hydrogens is 224 g/mol. The lowest BCUT2D eigenvalue weighted by Gasteiger charge is -2.32. The molecule has 2 rings (SSSR count). The zero-order valence-electron chi connectivity index (χ0n) is 11.4. The quantitative estimate of drug-likeness (QED) is 0.860. The molecule has 1 aliphatic carbocycles. The van der Waals surface area contributed by atoms with Crippen LogP contribution >= 0.6 is 0 Å². The van der Waals surface area contributed by atoms with Gasteiger partial charge in [-0.1, -0.05) is 18.2 Å². The van der Waals surface area contributed by atoms with Crippen LogP contribution in [0.4, 0.5) is 0 Å². The van der Waals surface area contributed by atoms with Gasteiger partial charge in [0.05, 0.1) is 7.11 Å². The summed E-state index contributed by atoms with van der Waals surface area (Å²) in [7, 11) is 3.76. The average Bonchev–Trinajstić information content (AvgIpc) is 2.46. The summed E-state index contributed by atoms with van der Waals surface area (Å²) >= 11 is 0. The van der Waals surface area contributed by atoms with E-state index >= 15 is 0 Å². The maximum absolute atomic E-state index is 6.43. The third-order valence-electron chi connectivity index (χ3n) is 4.19. The van der Waals surface area contributed by atoms with E-state index in [1.54, 1.807) is 7.11 Å². The summed E-state index contributed by atoms with van der Waals surface area (Å²) in [6.07, 6.45) is 4.85. The minimum atomic E-state index is 0.0963. The van der Waals surface area contributed by atoms with Crippen molar-refractivity contribution in [1.29, 1.82) is 0 Å². The molecule has 0 heterocycles. The second-order valence-electron chi connectivity index (χ2n) is 5.17. The van der Waals surface area contributed by atoms with Crippen LogP contribution in [0.15, 0.2) is 24.3 Å². The normalized spacial score (nSPS) is 25.7. The highest BCUT2D eigenvalue weighted by Crippen LogP contribution is 2.36. The molecule has 1 unspecified atom stereocenters. The lowest BCUT2D eigenvalue weighted by Crippen LogP contribution is -2.33.